The van der Waals surface area contributed by atoms with Crippen molar-refractivity contribution in [1.29, 1.82) is 0 Å². The molecule has 0 unspecified atom stereocenters. The van der Waals surface area contributed by atoms with E-state index in [1.807, 2.05) is 0 Å². The van der Waals surface area contributed by atoms with Crippen molar-refractivity contribution in [2.75, 3.05) is 29.1 Å². The van der Waals surface area contributed by atoms with Crippen molar-refractivity contribution in [1.82, 2.24) is 15.0 Å². The van der Waals surface area contributed by atoms with Gasteiger partial charge in [-0.15, -0.1) is 36.3 Å². The van der Waals surface area contributed by atoms with Gasteiger partial charge in [0.05, 0.1) is 44.4 Å². The Morgan fingerprint density at radius 3 is 2.06 bits per heavy atom. The van der Waals surface area contributed by atoms with E-state index in [4.69, 9.17) is 11.6 Å². The van der Waals surface area contributed by atoms with Crippen molar-refractivity contribution >= 4 is 92.7 Å². The molecule has 0 bridgehead atoms. The number of carbonyl (C=O) groups excluding carboxylic acids is 1. The molecule has 4 aromatic rings. The number of halogens is 1. The summed E-state index contributed by atoms with van der Waals surface area (Å²) in [4.78, 5) is 23.0. The van der Waals surface area contributed by atoms with Crippen LogP contribution in [0.1, 0.15) is 18.7 Å². The molecule has 0 saturated heterocycles. The number of sulfone groups is 1. The fourth-order valence-electron chi connectivity index (χ4n) is 5.03. The molecule has 5 rings (SSSR count). The van der Waals surface area contributed by atoms with E-state index in [1.54, 1.807) is 13.0 Å². The summed E-state index contributed by atoms with van der Waals surface area (Å²) >= 11 is 6.18. The maximum atomic E-state index is 13.7. The van der Waals surface area contributed by atoms with Crippen LogP contribution in [0.4, 0.5) is 34.6 Å². The molecule has 66 heavy (non-hydrogen) atoms. The van der Waals surface area contributed by atoms with Crippen LogP contribution in [0.3, 0.4) is 0 Å². The van der Waals surface area contributed by atoms with Crippen molar-refractivity contribution in [3.8, 4) is 5.75 Å². The molecular formula is C33H25ClCuN9Na3O15S4. The number of carboxylic acids is 1. The first kappa shape index (κ1) is 61.3. The molecule has 1 aliphatic carbocycles. The summed E-state index contributed by atoms with van der Waals surface area (Å²) in [7, 11) is -19.8. The van der Waals surface area contributed by atoms with E-state index in [0.29, 0.717) is 24.3 Å². The molecular weight excluding hydrogens is 1060 g/mol. The third-order valence-electron chi connectivity index (χ3n) is 7.81. The van der Waals surface area contributed by atoms with Crippen LogP contribution in [0.15, 0.2) is 125 Å². The summed E-state index contributed by atoms with van der Waals surface area (Å²) < 4.78 is 133. The summed E-state index contributed by atoms with van der Waals surface area (Å²) in [6.45, 7) is 0.691. The van der Waals surface area contributed by atoms with Crippen LogP contribution in [-0.4, -0.2) is 87.2 Å². The Morgan fingerprint density at radius 2 is 1.48 bits per heavy atom. The first-order valence-corrected chi connectivity index (χ1v) is 22.9. The van der Waals surface area contributed by atoms with Crippen LogP contribution in [0.2, 0.25) is 5.28 Å². The molecule has 1 aromatic heterocycles. The van der Waals surface area contributed by atoms with Crippen molar-refractivity contribution < 1.29 is 174 Å². The normalized spacial score (nSPS) is 13.4. The van der Waals surface area contributed by atoms with Crippen LogP contribution in [0.25, 0.3) is 0 Å². The second-order valence-corrected chi connectivity index (χ2v) is 18.2. The Bertz CT molecular complexity index is 3090. The van der Waals surface area contributed by atoms with Crippen molar-refractivity contribution in [2.24, 2.45) is 20.5 Å². The van der Waals surface area contributed by atoms with Gasteiger partial charge in [-0.1, -0.05) is 11.8 Å². The Morgan fingerprint density at radius 1 is 0.848 bits per heavy atom. The van der Waals surface area contributed by atoms with E-state index in [2.05, 4.69) is 44.9 Å². The molecule has 33 heteroatoms. The molecule has 0 fully saturated rings. The molecule has 0 atom stereocenters. The number of aromatic nitrogens is 3. The maximum Gasteiger partial charge on any atom is 2.00 e. The average Bonchev–Trinajstić information content (AvgIpc) is 3.18. The summed E-state index contributed by atoms with van der Waals surface area (Å²) in [6, 6.07) is 8.41. The topological polar surface area (TPSA) is 382 Å². The number of azo groups is 2. The average molecular weight is 1080 g/mol. The maximum absolute atomic E-state index is 13.7. The number of benzene rings is 3. The van der Waals surface area contributed by atoms with Gasteiger partial charge in [0.15, 0.2) is 9.84 Å². The molecule has 0 saturated carbocycles. The van der Waals surface area contributed by atoms with Crippen LogP contribution >= 0.6 is 11.6 Å². The number of nitrogens with one attached hydrogen (secondary N) is 1. The minimum Gasteiger partial charge on any atom is -0.870 e. The number of hydrogen-bond acceptors (Lipinski definition) is 24. The largest absolute Gasteiger partial charge is 2.00 e. The van der Waals surface area contributed by atoms with Gasteiger partial charge in [0.25, 0.3) is 0 Å². The summed E-state index contributed by atoms with van der Waals surface area (Å²) in [5.74, 6) is -5.05. The van der Waals surface area contributed by atoms with Crippen LogP contribution in [0.5, 0.6) is 5.75 Å². The minimum atomic E-state index is -5.33. The van der Waals surface area contributed by atoms with Crippen LogP contribution in [0, 0.1) is 6.42 Å². The fourth-order valence-corrected chi connectivity index (χ4v) is 7.71. The Hall–Kier alpha value is -2.72. The molecule has 337 valence electrons. The van der Waals surface area contributed by atoms with E-state index in [9.17, 15) is 62.3 Å². The SMILES string of the molecule is CCN(c1cccc(S(=O)(=O)CCOS(=O)(=O)[O-])c1)c1nc(Cl)nc(Nc2cc(S(=O)(=O)[O-])cc(N=N/C(N=Nc3cc(S(=O)(=O)[O-])ccc3C(=O)[O-])=C3\C=CC=C[CH-]3)c2[O-])n1.[Cu+2].[H+].[Na+].[Na+].[Na+]. The molecule has 0 aliphatic heterocycles. The van der Waals surface area contributed by atoms with Gasteiger partial charge in [0.2, 0.25) is 27.6 Å². The van der Waals surface area contributed by atoms with E-state index in [-0.39, 0.29) is 136 Å². The minimum absolute atomic E-state index is 0. The zero-order valence-electron chi connectivity index (χ0n) is 35.2. The summed E-state index contributed by atoms with van der Waals surface area (Å²) in [5.41, 5.74) is -2.54. The van der Waals surface area contributed by atoms with E-state index in [0.717, 1.165) is 6.07 Å². The molecule has 1 heterocycles. The van der Waals surface area contributed by atoms with Gasteiger partial charge in [0.1, 0.15) is 26.1 Å². The Labute approximate surface area is 460 Å². The number of nitrogens with zero attached hydrogens (tertiary/aromatic N) is 8. The first-order chi connectivity index (χ1) is 28.9. The predicted octanol–water partition coefficient (Wildman–Crippen LogP) is -6.55. The smallest absolute Gasteiger partial charge is 0.870 e. The number of aromatic carboxylic acids is 1. The monoisotopic (exact) mass is 1080 g/mol. The third kappa shape index (κ3) is 17.0. The van der Waals surface area contributed by atoms with Crippen molar-refractivity contribution in [3.05, 3.63) is 108 Å². The predicted molar refractivity (Wildman–Crippen MR) is 207 cm³/mol. The second-order valence-electron chi connectivity index (χ2n) is 11.9. The van der Waals surface area contributed by atoms with Crippen molar-refractivity contribution in [2.45, 2.75) is 21.6 Å². The zero-order valence-corrected chi connectivity index (χ0v) is 45.2. The van der Waals surface area contributed by atoms with Crippen LogP contribution < -0.4 is 109 Å². The van der Waals surface area contributed by atoms with E-state index in [1.165, 1.54) is 53.8 Å². The van der Waals surface area contributed by atoms with Crippen LogP contribution in [-0.2, 0) is 61.7 Å². The molecule has 3 aromatic carbocycles. The first-order valence-electron chi connectivity index (χ1n) is 16.7. The summed E-state index contributed by atoms with van der Waals surface area (Å²) in [5, 5.41) is 42.5. The number of rotatable bonds is 17. The molecule has 1 aliphatic rings. The van der Waals surface area contributed by atoms with Gasteiger partial charge in [-0.05, 0) is 67.1 Å². The third-order valence-corrected chi connectivity index (χ3v) is 11.8. The number of carboxylic acid groups (broad SMARTS) is 1. The Kier molecular flexibility index (Phi) is 23.9. The number of allylic oxidation sites excluding steroid dienone is 5. The fraction of sp³-hybridized carbons (Fsp3) is 0.121. The van der Waals surface area contributed by atoms with Gasteiger partial charge in [-0.25, -0.2) is 33.7 Å². The number of carbonyl (C=O) groups is 1. The number of hydrogen-bond donors (Lipinski definition) is 1. The second kappa shape index (κ2) is 25.8. The van der Waals surface area contributed by atoms with Gasteiger partial charge < -0.3 is 38.9 Å². The van der Waals surface area contributed by atoms with Gasteiger partial charge >= 0.3 is 107 Å². The molecule has 24 nitrogen and oxygen atoms in total. The Balaban J connectivity index is 0.00000871. The van der Waals surface area contributed by atoms with Gasteiger partial charge in [-0.2, -0.15) is 35.4 Å². The van der Waals surface area contributed by atoms with E-state index < -0.39 is 114 Å². The standard InChI is InChI=1S/C33H29ClN9O15S4.Cu.3Na/c1-2-43(20-9-6-10-21(15-20)59(47,48)14-13-58-62(55,56)57)33-37-31(34)36-32(38-33)35-26-17-23(61(52,53)54)18-27(28(26)44)40-42-29(19-7-4-3-5-8-19)41-39-25-16-22(60(49,50)51)11-12-24(25)30(45)46;;;;/h3-12,15-18,44H,2,13-14H2,1H3,(H,45,46)(H,49,50,51)(H,52,53,54)(H,55,56,57)(H,35,36,37,38);;;;/q-1;+2;3*+1/p-4. The summed E-state index contributed by atoms with van der Waals surface area (Å²) in [6.07, 6.45) is 7.40. The molecule has 0 amide bonds. The van der Waals surface area contributed by atoms with Gasteiger partial charge in [-0.3, -0.25) is 4.18 Å². The quantitative estimate of drug-likeness (QED) is 0.0338. The molecule has 1 N–H and O–H groups in total. The van der Waals surface area contributed by atoms with E-state index >= 15 is 0 Å². The van der Waals surface area contributed by atoms with Crippen molar-refractivity contribution in [3.63, 3.8) is 0 Å². The number of anilines is 4. The zero-order chi connectivity index (χ0) is 45.6. The molecule has 1 radical (unpaired) electrons. The van der Waals surface area contributed by atoms with Gasteiger partial charge in [0, 0.05) is 23.5 Å². The molecule has 0 spiro atoms.